The van der Waals surface area contributed by atoms with Crippen LogP contribution in [-0.2, 0) is 10.8 Å². The van der Waals surface area contributed by atoms with Crippen molar-refractivity contribution in [1.29, 1.82) is 10.5 Å². The first-order valence-electron chi connectivity index (χ1n) is 36.8. The minimum atomic E-state index is -0.693. The SMILES string of the molecule is N#Cc1ccc(-c2cccc3c2-c2ccccc2C32c3ccccc3Oc3c(-c4nc(-c5ccccc5)cc(-c5ccc(-c6ccccc6)cc5)n4)cccc32)cc1.N#Cc1cccc2c1-c1ccccc1C21c2ccccc2Oc2c(-c3ccc(-c4nc(-c5ccccc5)cc(-c5ccccc5)n4)cc3)cccc21. The molecule has 0 radical (unpaired) electrons. The van der Waals surface area contributed by atoms with Gasteiger partial charge in [-0.3, -0.25) is 0 Å². The molecule has 0 fully saturated rings. The normalized spacial score (nSPS) is 14.6. The topological polar surface area (TPSA) is 118 Å². The number of ether oxygens (including phenoxy) is 2. The Morgan fingerprint density at radius 2 is 0.564 bits per heavy atom. The molecule has 0 saturated heterocycles. The molecule has 2 atom stereocenters. The van der Waals surface area contributed by atoms with Gasteiger partial charge < -0.3 is 9.47 Å². The number of nitrogens with zero attached hydrogens (tertiary/aromatic N) is 6. The maximum Gasteiger partial charge on any atom is 0.164 e. The first-order valence-corrected chi connectivity index (χ1v) is 36.8. The molecule has 8 heteroatoms. The van der Waals surface area contributed by atoms with E-state index in [0.717, 1.165) is 151 Å². The summed E-state index contributed by atoms with van der Waals surface area (Å²) in [6.45, 7) is 0. The van der Waals surface area contributed by atoms with Gasteiger partial charge in [0.05, 0.1) is 62.4 Å². The van der Waals surface area contributed by atoms with Crippen molar-refractivity contribution < 1.29 is 9.47 Å². The molecule has 17 aromatic rings. The van der Waals surface area contributed by atoms with E-state index in [4.69, 9.17) is 29.4 Å². The van der Waals surface area contributed by atoms with E-state index >= 15 is 0 Å². The molecule has 2 unspecified atom stereocenters. The molecule has 110 heavy (non-hydrogen) atoms. The lowest BCUT2D eigenvalue weighted by Gasteiger charge is -2.40. The number of rotatable bonds is 9. The molecule has 0 N–H and O–H groups in total. The summed E-state index contributed by atoms with van der Waals surface area (Å²) in [5.74, 6) is 4.41. The second-order valence-electron chi connectivity index (χ2n) is 28.0. The lowest BCUT2D eigenvalue weighted by molar-refractivity contribution is 0.437. The fraction of sp³-hybridized carbons (Fsp3) is 0.0196. The fourth-order valence-corrected chi connectivity index (χ4v) is 17.2. The molecular formula is C102H62N6O2. The summed E-state index contributed by atoms with van der Waals surface area (Å²) in [7, 11) is 0. The third-order valence-corrected chi connectivity index (χ3v) is 22.1. The molecule has 15 aromatic carbocycles. The van der Waals surface area contributed by atoms with Gasteiger partial charge in [0.15, 0.2) is 11.6 Å². The highest BCUT2D eigenvalue weighted by atomic mass is 16.5. The van der Waals surface area contributed by atoms with Gasteiger partial charge in [-0.15, -0.1) is 0 Å². The number of para-hydroxylation sites is 4. The van der Waals surface area contributed by atoms with E-state index in [1.165, 1.54) is 27.8 Å². The molecule has 0 bridgehead atoms. The van der Waals surface area contributed by atoms with Crippen LogP contribution in [0.1, 0.15) is 55.6 Å². The minimum absolute atomic E-state index is 0.590. The van der Waals surface area contributed by atoms with Crippen molar-refractivity contribution in [3.05, 3.63) is 432 Å². The smallest absolute Gasteiger partial charge is 0.164 e. The molecule has 21 rings (SSSR count). The van der Waals surface area contributed by atoms with Crippen molar-refractivity contribution >= 4 is 0 Å². The minimum Gasteiger partial charge on any atom is -0.456 e. The van der Waals surface area contributed by atoms with E-state index in [2.05, 4.69) is 291 Å². The van der Waals surface area contributed by atoms with Crippen LogP contribution in [0, 0.1) is 22.7 Å². The molecule has 512 valence electrons. The Labute approximate surface area is 637 Å². The molecule has 4 aliphatic rings. The number of hydrogen-bond acceptors (Lipinski definition) is 8. The third kappa shape index (κ3) is 10.4. The molecular weight excluding hydrogens is 1340 g/mol. The van der Waals surface area contributed by atoms with Gasteiger partial charge in [-0.1, -0.05) is 328 Å². The predicted molar refractivity (Wildman–Crippen MR) is 437 cm³/mol. The number of nitriles is 2. The van der Waals surface area contributed by atoms with E-state index < -0.39 is 10.8 Å². The Hall–Kier alpha value is -15.0. The van der Waals surface area contributed by atoms with Crippen molar-refractivity contribution in [2.24, 2.45) is 0 Å². The highest BCUT2D eigenvalue weighted by molar-refractivity contribution is 5.98. The molecule has 0 saturated carbocycles. The Morgan fingerprint density at radius 3 is 1.08 bits per heavy atom. The van der Waals surface area contributed by atoms with E-state index in [-0.39, 0.29) is 0 Å². The first kappa shape index (κ1) is 64.6. The molecule has 8 nitrogen and oxygen atoms in total. The zero-order valence-electron chi connectivity index (χ0n) is 59.3. The summed E-state index contributed by atoms with van der Waals surface area (Å²) in [5, 5.41) is 19.8. The summed E-state index contributed by atoms with van der Waals surface area (Å²) in [4.78, 5) is 20.7. The van der Waals surface area contributed by atoms with Crippen molar-refractivity contribution in [3.8, 4) is 159 Å². The number of fused-ring (bicyclic) bond motifs is 18. The standard InChI is InChI=1S/C54H33N3O.C48H29N3O/c55-34-35-25-27-38(28-26-35)41-18-11-22-46-51(41)42-17-7-8-20-44(42)54(46)45-21-9-10-24-50(45)58-52-43(19-12-23-47(52)54)53-56-48(39-15-5-2-6-16-39)33-49(57-53)40-31-29-37(30-32-40)36-13-3-1-4-14-36;49-30-35-17-11-22-40-45(35)37-18-7-8-20-38(37)48(40)39-21-9-10-24-44(39)52-46-36(19-12-23-41(46)48)31-25-27-34(28-26-31)47-50-42(32-13-3-1-4-14-32)29-43(51-47)33-15-5-2-6-16-33/h1-33H;1-29H. The fourth-order valence-electron chi connectivity index (χ4n) is 17.2. The van der Waals surface area contributed by atoms with Gasteiger partial charge in [0, 0.05) is 61.2 Å². The summed E-state index contributed by atoms with van der Waals surface area (Å²) in [5.41, 5.74) is 29.0. The number of hydrogen-bond donors (Lipinski definition) is 0. The molecule has 2 aromatic heterocycles. The molecule has 2 spiro atoms. The van der Waals surface area contributed by atoms with Crippen LogP contribution in [0.2, 0.25) is 0 Å². The molecule has 4 heterocycles. The second-order valence-corrected chi connectivity index (χ2v) is 28.0. The van der Waals surface area contributed by atoms with E-state index in [9.17, 15) is 10.5 Å². The summed E-state index contributed by atoms with van der Waals surface area (Å²) in [6, 6.07) is 135. The van der Waals surface area contributed by atoms with Crippen LogP contribution in [-0.4, -0.2) is 19.9 Å². The Balaban J connectivity index is 0.000000145. The maximum atomic E-state index is 10.3. The van der Waals surface area contributed by atoms with Gasteiger partial charge in [0.1, 0.15) is 23.0 Å². The van der Waals surface area contributed by atoms with E-state index in [1.807, 2.05) is 97.1 Å². The average molecular weight is 1400 g/mol. The zero-order chi connectivity index (χ0) is 73.3. The van der Waals surface area contributed by atoms with Crippen LogP contribution in [0.5, 0.6) is 23.0 Å². The first-order chi connectivity index (χ1) is 54.4. The lowest BCUT2D eigenvalue weighted by atomic mass is 9.65. The zero-order valence-corrected chi connectivity index (χ0v) is 59.3. The monoisotopic (exact) mass is 1400 g/mol. The Bertz CT molecular complexity index is 6540. The van der Waals surface area contributed by atoms with E-state index in [1.54, 1.807) is 0 Å². The van der Waals surface area contributed by atoms with Gasteiger partial charge in [-0.05, 0) is 115 Å². The predicted octanol–water partition coefficient (Wildman–Crippen LogP) is 24.6. The highest BCUT2D eigenvalue weighted by Gasteiger charge is 2.54. The maximum absolute atomic E-state index is 10.3. The lowest BCUT2D eigenvalue weighted by Crippen LogP contribution is -2.32. The number of benzene rings is 15. The van der Waals surface area contributed by atoms with Crippen LogP contribution < -0.4 is 9.47 Å². The van der Waals surface area contributed by atoms with Gasteiger partial charge >= 0.3 is 0 Å². The van der Waals surface area contributed by atoms with Crippen LogP contribution in [0.15, 0.2) is 376 Å². The third-order valence-electron chi connectivity index (χ3n) is 22.1. The van der Waals surface area contributed by atoms with Crippen molar-refractivity contribution in [2.75, 3.05) is 0 Å². The highest BCUT2D eigenvalue weighted by Crippen LogP contribution is 2.66. The Morgan fingerprint density at radius 1 is 0.227 bits per heavy atom. The summed E-state index contributed by atoms with van der Waals surface area (Å²) >= 11 is 0. The quantitative estimate of drug-likeness (QED) is 0.140. The van der Waals surface area contributed by atoms with Gasteiger partial charge in [0.2, 0.25) is 0 Å². The van der Waals surface area contributed by atoms with Crippen molar-refractivity contribution in [1.82, 2.24) is 19.9 Å². The van der Waals surface area contributed by atoms with Crippen LogP contribution >= 0.6 is 0 Å². The second kappa shape index (κ2) is 26.6. The summed E-state index contributed by atoms with van der Waals surface area (Å²) < 4.78 is 14.0. The van der Waals surface area contributed by atoms with Gasteiger partial charge in [-0.2, -0.15) is 10.5 Å². The molecule has 2 aliphatic heterocycles. The van der Waals surface area contributed by atoms with E-state index in [0.29, 0.717) is 22.8 Å². The van der Waals surface area contributed by atoms with Crippen LogP contribution in [0.3, 0.4) is 0 Å². The van der Waals surface area contributed by atoms with Crippen molar-refractivity contribution in [2.45, 2.75) is 10.8 Å². The Kier molecular flexibility index (Phi) is 15.6. The summed E-state index contributed by atoms with van der Waals surface area (Å²) in [6.07, 6.45) is 0. The van der Waals surface area contributed by atoms with Crippen LogP contribution in [0.4, 0.5) is 0 Å². The van der Waals surface area contributed by atoms with Crippen LogP contribution in [0.25, 0.3) is 123 Å². The molecule has 0 amide bonds. The largest absolute Gasteiger partial charge is 0.456 e. The van der Waals surface area contributed by atoms with Gasteiger partial charge in [0.25, 0.3) is 0 Å². The molecule has 2 aliphatic carbocycles. The average Bonchev–Trinajstić information content (AvgIpc) is 1.50. The van der Waals surface area contributed by atoms with Gasteiger partial charge in [-0.25, -0.2) is 19.9 Å². The van der Waals surface area contributed by atoms with Crippen molar-refractivity contribution in [3.63, 3.8) is 0 Å². The number of aromatic nitrogens is 4.